The van der Waals surface area contributed by atoms with Gasteiger partial charge in [-0.15, -0.1) is 0 Å². The lowest BCUT2D eigenvalue weighted by Gasteiger charge is -2.32. The van der Waals surface area contributed by atoms with Crippen molar-refractivity contribution in [3.8, 4) is 0 Å². The van der Waals surface area contributed by atoms with Crippen LogP contribution in [0.5, 0.6) is 0 Å². The summed E-state index contributed by atoms with van der Waals surface area (Å²) in [4.78, 5) is 30.1. The monoisotopic (exact) mass is 417 g/mol. The van der Waals surface area contributed by atoms with E-state index in [4.69, 9.17) is 9.39 Å². The van der Waals surface area contributed by atoms with E-state index < -0.39 is 19.1 Å². The van der Waals surface area contributed by atoms with Crippen molar-refractivity contribution >= 4 is 24.5 Å². The van der Waals surface area contributed by atoms with Crippen LogP contribution in [0.3, 0.4) is 0 Å². The molecule has 0 bridgehead atoms. The van der Waals surface area contributed by atoms with Gasteiger partial charge in [0.25, 0.3) is 5.91 Å². The van der Waals surface area contributed by atoms with Crippen LogP contribution in [0.25, 0.3) is 0 Å². The first kappa shape index (κ1) is 22.7. The number of carbonyl (C=O) groups is 2. The molecule has 0 spiro atoms. The van der Waals surface area contributed by atoms with E-state index in [1.165, 1.54) is 0 Å². The number of hydrogen-bond donors (Lipinski definition) is 2. The molecular formula is C21H32BN3O5. The maximum atomic E-state index is 12.9. The largest absolute Gasteiger partial charge is 0.492 e. The number of nitrogens with one attached hydrogen (secondary N) is 1. The Morgan fingerprint density at radius 3 is 2.63 bits per heavy atom. The molecular weight excluding hydrogens is 385 g/mol. The molecule has 0 unspecified atom stereocenters. The van der Waals surface area contributed by atoms with Gasteiger partial charge in [-0.25, -0.2) is 4.79 Å². The van der Waals surface area contributed by atoms with Crippen molar-refractivity contribution in [1.82, 2.24) is 15.1 Å². The van der Waals surface area contributed by atoms with Crippen molar-refractivity contribution in [1.29, 1.82) is 0 Å². The molecule has 0 saturated carbocycles. The molecule has 1 fully saturated rings. The fourth-order valence-corrected chi connectivity index (χ4v) is 3.91. The van der Waals surface area contributed by atoms with Crippen LogP contribution in [-0.4, -0.2) is 86.2 Å². The number of fused-ring (bicyclic) bond motifs is 1. The molecule has 1 saturated heterocycles. The second-order valence-corrected chi connectivity index (χ2v) is 8.48. The maximum Gasteiger partial charge on any atom is 0.492 e. The number of nitrogens with zero attached hydrogens (tertiary/aromatic N) is 2. The lowest BCUT2D eigenvalue weighted by atomic mass is 9.75. The van der Waals surface area contributed by atoms with E-state index in [0.29, 0.717) is 36.3 Å². The lowest BCUT2D eigenvalue weighted by Crippen LogP contribution is -2.48. The van der Waals surface area contributed by atoms with Crippen LogP contribution in [0, 0.1) is 12.8 Å². The fraction of sp³-hybridized carbons (Fsp3) is 0.619. The molecule has 1 aromatic rings. The summed E-state index contributed by atoms with van der Waals surface area (Å²) in [5, 5.41) is 12.8. The first-order valence-corrected chi connectivity index (χ1v) is 10.6. The number of piperazine rings is 1. The van der Waals surface area contributed by atoms with Gasteiger partial charge in [0.2, 0.25) is 0 Å². The number of likely N-dealkylation sites (N-methyl/N-ethyl adjacent to an activating group) is 1. The van der Waals surface area contributed by atoms with Crippen LogP contribution in [0.1, 0.15) is 35.3 Å². The summed E-state index contributed by atoms with van der Waals surface area (Å²) in [6.45, 7) is 10.8. The number of amides is 1. The highest BCUT2D eigenvalue weighted by Crippen LogP contribution is 2.17. The quantitative estimate of drug-likeness (QED) is 0.467. The molecule has 8 nitrogen and oxygen atoms in total. The van der Waals surface area contributed by atoms with Crippen molar-refractivity contribution in [2.45, 2.75) is 33.4 Å². The second-order valence-electron chi connectivity index (χ2n) is 8.48. The molecule has 3 rings (SSSR count). The molecule has 2 N–H and O–H groups in total. The van der Waals surface area contributed by atoms with E-state index in [9.17, 15) is 14.6 Å². The number of rotatable bonds is 7. The Morgan fingerprint density at radius 2 is 1.97 bits per heavy atom. The SMILES string of the molecule is Cc1c(C(=O)N[C@H](C(=O)OCCN2CCN(C)CC2)C(C)C)ccc2c1B(O)OC2. The molecule has 0 aromatic heterocycles. The maximum absolute atomic E-state index is 12.9. The minimum atomic E-state index is -1.02. The minimum absolute atomic E-state index is 0.117. The van der Waals surface area contributed by atoms with Crippen LogP contribution in [0.15, 0.2) is 12.1 Å². The predicted molar refractivity (Wildman–Crippen MR) is 115 cm³/mol. The zero-order valence-electron chi connectivity index (χ0n) is 18.3. The van der Waals surface area contributed by atoms with Gasteiger partial charge in [0.05, 0.1) is 6.61 Å². The highest BCUT2D eigenvalue weighted by molar-refractivity contribution is 6.62. The van der Waals surface area contributed by atoms with Crippen molar-refractivity contribution in [3.05, 3.63) is 28.8 Å². The molecule has 1 atom stereocenters. The zero-order valence-corrected chi connectivity index (χ0v) is 18.3. The Hall–Kier alpha value is -1.94. The predicted octanol–water partition coefficient (Wildman–Crippen LogP) is -0.242. The molecule has 2 aliphatic rings. The Balaban J connectivity index is 1.58. The fourth-order valence-electron chi connectivity index (χ4n) is 3.91. The first-order chi connectivity index (χ1) is 14.3. The van der Waals surface area contributed by atoms with Crippen LogP contribution >= 0.6 is 0 Å². The van der Waals surface area contributed by atoms with Crippen molar-refractivity contribution < 1.29 is 24.0 Å². The van der Waals surface area contributed by atoms with Crippen LogP contribution < -0.4 is 10.8 Å². The van der Waals surface area contributed by atoms with Crippen LogP contribution in [0.4, 0.5) is 0 Å². The van der Waals surface area contributed by atoms with E-state index in [0.717, 1.165) is 31.7 Å². The second kappa shape index (κ2) is 9.91. The Kier molecular flexibility index (Phi) is 7.52. The highest BCUT2D eigenvalue weighted by atomic mass is 16.5. The van der Waals surface area contributed by atoms with Crippen LogP contribution in [0.2, 0.25) is 0 Å². The van der Waals surface area contributed by atoms with Gasteiger partial charge in [-0.1, -0.05) is 19.9 Å². The topological polar surface area (TPSA) is 91.3 Å². The number of ether oxygens (including phenoxy) is 1. The van der Waals surface area contributed by atoms with Crippen molar-refractivity contribution in [2.24, 2.45) is 5.92 Å². The third kappa shape index (κ3) is 5.21. The number of carbonyl (C=O) groups excluding carboxylic acids is 2. The third-order valence-electron chi connectivity index (χ3n) is 5.95. The Labute approximate surface area is 178 Å². The molecule has 9 heteroatoms. The van der Waals surface area contributed by atoms with E-state index >= 15 is 0 Å². The highest BCUT2D eigenvalue weighted by Gasteiger charge is 2.32. The van der Waals surface area contributed by atoms with Gasteiger partial charge in [-0.3, -0.25) is 9.69 Å². The van der Waals surface area contributed by atoms with Gasteiger partial charge in [-0.2, -0.15) is 0 Å². The third-order valence-corrected chi connectivity index (χ3v) is 5.95. The molecule has 2 heterocycles. The summed E-state index contributed by atoms with van der Waals surface area (Å²) in [6.07, 6.45) is 0. The molecule has 1 amide bonds. The van der Waals surface area contributed by atoms with Crippen molar-refractivity contribution in [3.63, 3.8) is 0 Å². The average Bonchev–Trinajstić information content (AvgIpc) is 3.09. The lowest BCUT2D eigenvalue weighted by molar-refractivity contribution is -0.147. The van der Waals surface area contributed by atoms with Crippen LogP contribution in [-0.2, 0) is 20.8 Å². The molecule has 0 radical (unpaired) electrons. The number of hydrogen-bond acceptors (Lipinski definition) is 7. The molecule has 1 aromatic carbocycles. The first-order valence-electron chi connectivity index (χ1n) is 10.6. The molecule has 30 heavy (non-hydrogen) atoms. The summed E-state index contributed by atoms with van der Waals surface area (Å²) in [7, 11) is 1.08. The van der Waals surface area contributed by atoms with E-state index in [-0.39, 0.29) is 11.8 Å². The smallest absolute Gasteiger partial charge is 0.463 e. The van der Waals surface area contributed by atoms with Gasteiger partial charge >= 0.3 is 13.1 Å². The van der Waals surface area contributed by atoms with Gasteiger partial charge in [-0.05, 0) is 42.5 Å². The normalized spacial score (nSPS) is 18.4. The van der Waals surface area contributed by atoms with E-state index in [2.05, 4.69) is 22.2 Å². The Morgan fingerprint density at radius 1 is 1.27 bits per heavy atom. The summed E-state index contributed by atoms with van der Waals surface area (Å²) in [6, 6.07) is 2.76. The van der Waals surface area contributed by atoms with Gasteiger partial charge in [0.15, 0.2) is 0 Å². The summed E-state index contributed by atoms with van der Waals surface area (Å²) in [5.41, 5.74) is 2.61. The van der Waals surface area contributed by atoms with E-state index in [1.54, 1.807) is 19.1 Å². The van der Waals surface area contributed by atoms with Crippen molar-refractivity contribution in [2.75, 3.05) is 46.4 Å². The summed E-state index contributed by atoms with van der Waals surface area (Å²) >= 11 is 0. The Bertz CT molecular complexity index is 780. The molecule has 2 aliphatic heterocycles. The summed E-state index contributed by atoms with van der Waals surface area (Å²) < 4.78 is 10.7. The average molecular weight is 417 g/mol. The van der Waals surface area contributed by atoms with E-state index in [1.807, 2.05) is 13.8 Å². The standard InChI is InChI=1S/C21H32BN3O5/c1-14(2)19(21(27)29-12-11-25-9-7-24(4)8-10-25)23-20(26)17-6-5-16-13-30-22(28)18(16)15(17)3/h5-6,14,19,28H,7-13H2,1-4H3,(H,23,26)/t19-/m0/s1. The van der Waals surface area contributed by atoms with Gasteiger partial charge in [0.1, 0.15) is 12.6 Å². The summed E-state index contributed by atoms with van der Waals surface area (Å²) in [5.74, 6) is -0.896. The minimum Gasteiger partial charge on any atom is -0.463 e. The molecule has 164 valence electrons. The number of esters is 1. The number of benzene rings is 1. The zero-order chi connectivity index (χ0) is 21.8. The van der Waals surface area contributed by atoms with Gasteiger partial charge in [0, 0.05) is 38.3 Å². The molecule has 0 aliphatic carbocycles. The van der Waals surface area contributed by atoms with Gasteiger partial charge < -0.3 is 24.6 Å².